The van der Waals surface area contributed by atoms with Gasteiger partial charge >= 0.3 is 5.97 Å². The Morgan fingerprint density at radius 3 is 2.88 bits per heavy atom. The summed E-state index contributed by atoms with van der Waals surface area (Å²) in [7, 11) is 0. The predicted molar refractivity (Wildman–Crippen MR) is 58.2 cm³/mol. The maximum atomic E-state index is 10.5. The van der Waals surface area contributed by atoms with E-state index < -0.39 is 5.97 Å². The first-order valence-corrected chi connectivity index (χ1v) is 5.21. The van der Waals surface area contributed by atoms with Crippen LogP contribution in [0, 0.1) is 0 Å². The highest BCUT2D eigenvalue weighted by Gasteiger charge is 2.09. The van der Waals surface area contributed by atoms with Crippen LogP contribution in [0.3, 0.4) is 0 Å². The SMILES string of the molecule is O=C(O)Cc1nnn(-c2ccccc2Br)n1. The molecule has 1 aromatic heterocycles. The van der Waals surface area contributed by atoms with Gasteiger partial charge in [0, 0.05) is 4.47 Å². The number of hydrogen-bond donors (Lipinski definition) is 1. The Balaban J connectivity index is 2.32. The van der Waals surface area contributed by atoms with Gasteiger partial charge in [-0.3, -0.25) is 4.79 Å². The van der Waals surface area contributed by atoms with E-state index in [1.165, 1.54) is 4.80 Å². The highest BCUT2D eigenvalue weighted by atomic mass is 79.9. The van der Waals surface area contributed by atoms with Crippen LogP contribution in [-0.2, 0) is 11.2 Å². The summed E-state index contributed by atoms with van der Waals surface area (Å²) in [6.07, 6.45) is -0.232. The highest BCUT2D eigenvalue weighted by Crippen LogP contribution is 2.18. The number of aromatic nitrogens is 4. The molecule has 0 saturated heterocycles. The van der Waals surface area contributed by atoms with Gasteiger partial charge in [0.15, 0.2) is 5.82 Å². The summed E-state index contributed by atoms with van der Waals surface area (Å²) < 4.78 is 0.814. The zero-order valence-corrected chi connectivity index (χ0v) is 9.62. The zero-order chi connectivity index (χ0) is 11.5. The molecule has 0 aliphatic carbocycles. The Morgan fingerprint density at radius 1 is 1.44 bits per heavy atom. The van der Waals surface area contributed by atoms with E-state index in [-0.39, 0.29) is 12.2 Å². The summed E-state index contributed by atoms with van der Waals surface area (Å²) in [5.41, 5.74) is 0.714. The van der Waals surface area contributed by atoms with Crippen LogP contribution < -0.4 is 0 Å². The fourth-order valence-electron chi connectivity index (χ4n) is 1.17. The average Bonchev–Trinajstić information content (AvgIpc) is 2.66. The van der Waals surface area contributed by atoms with Gasteiger partial charge in [-0.15, -0.1) is 15.0 Å². The number of hydrogen-bond acceptors (Lipinski definition) is 4. The van der Waals surface area contributed by atoms with E-state index in [4.69, 9.17) is 5.11 Å². The first-order chi connectivity index (χ1) is 7.66. The average molecular weight is 283 g/mol. The minimum atomic E-state index is -0.980. The van der Waals surface area contributed by atoms with Gasteiger partial charge in [0.25, 0.3) is 0 Å². The first-order valence-electron chi connectivity index (χ1n) is 4.42. The third-order valence-electron chi connectivity index (χ3n) is 1.83. The van der Waals surface area contributed by atoms with Crippen LogP contribution in [0.1, 0.15) is 5.82 Å². The summed E-state index contributed by atoms with van der Waals surface area (Å²) >= 11 is 3.35. The molecule has 6 nitrogen and oxygen atoms in total. The van der Waals surface area contributed by atoms with Crippen LogP contribution >= 0.6 is 15.9 Å². The quantitative estimate of drug-likeness (QED) is 0.910. The minimum absolute atomic E-state index is 0.184. The Hall–Kier alpha value is -1.76. The van der Waals surface area contributed by atoms with Gasteiger partial charge < -0.3 is 5.11 Å². The van der Waals surface area contributed by atoms with Crippen molar-refractivity contribution in [3.8, 4) is 5.69 Å². The molecule has 0 unspecified atom stereocenters. The largest absolute Gasteiger partial charge is 0.481 e. The number of benzene rings is 1. The van der Waals surface area contributed by atoms with Crippen molar-refractivity contribution in [3.63, 3.8) is 0 Å². The monoisotopic (exact) mass is 282 g/mol. The van der Waals surface area contributed by atoms with Gasteiger partial charge in [-0.05, 0) is 33.3 Å². The van der Waals surface area contributed by atoms with E-state index in [0.717, 1.165) is 4.47 Å². The van der Waals surface area contributed by atoms with E-state index in [2.05, 4.69) is 31.3 Å². The van der Waals surface area contributed by atoms with Crippen LogP contribution in [0.4, 0.5) is 0 Å². The molecule has 1 N–H and O–H groups in total. The number of halogens is 1. The minimum Gasteiger partial charge on any atom is -0.481 e. The summed E-state index contributed by atoms with van der Waals surface area (Å²) in [6.45, 7) is 0. The van der Waals surface area contributed by atoms with Gasteiger partial charge in [0.2, 0.25) is 0 Å². The van der Waals surface area contributed by atoms with Crippen molar-refractivity contribution in [3.05, 3.63) is 34.6 Å². The van der Waals surface area contributed by atoms with E-state index in [1.54, 1.807) is 6.07 Å². The number of carboxylic acids is 1. The fraction of sp³-hybridized carbons (Fsp3) is 0.111. The van der Waals surface area contributed by atoms with Gasteiger partial charge in [0.1, 0.15) is 12.1 Å². The molecule has 0 bridgehead atoms. The number of para-hydroxylation sites is 1. The van der Waals surface area contributed by atoms with Crippen LogP contribution in [0.25, 0.3) is 5.69 Å². The molecule has 2 aromatic rings. The molecule has 0 aliphatic rings. The van der Waals surface area contributed by atoms with Crippen LogP contribution in [0.15, 0.2) is 28.7 Å². The van der Waals surface area contributed by atoms with Gasteiger partial charge in [-0.25, -0.2) is 0 Å². The third kappa shape index (κ3) is 2.25. The van der Waals surface area contributed by atoms with Crippen LogP contribution in [0.5, 0.6) is 0 Å². The molecular weight excluding hydrogens is 276 g/mol. The molecular formula is C9H7BrN4O2. The second-order valence-corrected chi connectivity index (χ2v) is 3.87. The molecule has 0 saturated carbocycles. The number of carbonyl (C=O) groups is 1. The van der Waals surface area contributed by atoms with Gasteiger partial charge in [-0.2, -0.15) is 0 Å². The lowest BCUT2D eigenvalue weighted by Gasteiger charge is -1.99. The lowest BCUT2D eigenvalue weighted by atomic mass is 10.3. The van der Waals surface area contributed by atoms with Crippen molar-refractivity contribution in [2.75, 3.05) is 0 Å². The molecule has 0 radical (unpaired) electrons. The molecule has 82 valence electrons. The molecule has 1 heterocycles. The predicted octanol–water partition coefficient (Wildman–Crippen LogP) is 1.05. The molecule has 0 atom stereocenters. The van der Waals surface area contributed by atoms with Gasteiger partial charge in [-0.1, -0.05) is 12.1 Å². The summed E-state index contributed by atoms with van der Waals surface area (Å²) in [5.74, 6) is -0.796. The number of rotatable bonds is 3. The van der Waals surface area contributed by atoms with Crippen molar-refractivity contribution in [2.45, 2.75) is 6.42 Å². The Labute approximate surface area is 99.0 Å². The fourth-order valence-corrected chi connectivity index (χ4v) is 1.61. The van der Waals surface area contributed by atoms with E-state index in [9.17, 15) is 4.79 Å². The van der Waals surface area contributed by atoms with Crippen LogP contribution in [-0.4, -0.2) is 31.3 Å². The van der Waals surface area contributed by atoms with Gasteiger partial charge in [0.05, 0.1) is 0 Å². The first kappa shape index (κ1) is 10.7. The molecule has 0 spiro atoms. The zero-order valence-electron chi connectivity index (χ0n) is 8.04. The highest BCUT2D eigenvalue weighted by molar-refractivity contribution is 9.10. The smallest absolute Gasteiger partial charge is 0.311 e. The Bertz CT molecular complexity index is 526. The molecule has 2 rings (SSSR count). The lowest BCUT2D eigenvalue weighted by Crippen LogP contribution is -2.03. The normalized spacial score (nSPS) is 10.3. The number of nitrogens with zero attached hydrogens (tertiary/aromatic N) is 4. The second-order valence-electron chi connectivity index (χ2n) is 3.02. The maximum Gasteiger partial charge on any atom is 0.311 e. The van der Waals surface area contributed by atoms with Crippen molar-refractivity contribution < 1.29 is 9.90 Å². The Kier molecular flexibility index (Phi) is 2.95. The van der Waals surface area contributed by atoms with E-state index >= 15 is 0 Å². The summed E-state index contributed by atoms with van der Waals surface area (Å²) in [4.78, 5) is 11.7. The van der Waals surface area contributed by atoms with Crippen molar-refractivity contribution >= 4 is 21.9 Å². The molecule has 0 fully saturated rings. The van der Waals surface area contributed by atoms with E-state index in [1.807, 2.05) is 18.2 Å². The molecule has 0 aliphatic heterocycles. The van der Waals surface area contributed by atoms with Crippen molar-refractivity contribution in [1.29, 1.82) is 0 Å². The number of tetrazole rings is 1. The van der Waals surface area contributed by atoms with Crippen LogP contribution in [0.2, 0.25) is 0 Å². The second kappa shape index (κ2) is 4.40. The molecule has 16 heavy (non-hydrogen) atoms. The van der Waals surface area contributed by atoms with Crippen molar-refractivity contribution in [2.24, 2.45) is 0 Å². The standard InChI is InChI=1S/C9H7BrN4O2/c10-6-3-1-2-4-7(6)14-12-8(11-13-14)5-9(15)16/h1-4H,5H2,(H,15,16). The number of carboxylic acid groups (broad SMARTS) is 1. The van der Waals surface area contributed by atoms with Crippen molar-refractivity contribution in [1.82, 2.24) is 20.2 Å². The molecule has 0 amide bonds. The Morgan fingerprint density at radius 2 is 2.19 bits per heavy atom. The summed E-state index contributed by atoms with van der Waals surface area (Å²) in [5, 5.41) is 20.0. The maximum absolute atomic E-state index is 10.5. The summed E-state index contributed by atoms with van der Waals surface area (Å²) in [6, 6.07) is 7.34. The third-order valence-corrected chi connectivity index (χ3v) is 2.50. The topological polar surface area (TPSA) is 80.9 Å². The molecule has 1 aromatic carbocycles. The molecule has 7 heteroatoms. The number of aliphatic carboxylic acids is 1. The van der Waals surface area contributed by atoms with E-state index in [0.29, 0.717) is 5.69 Å². The lowest BCUT2D eigenvalue weighted by molar-refractivity contribution is -0.136.